The van der Waals surface area contributed by atoms with Crippen LogP contribution in [-0.4, -0.2) is 15.7 Å². The zero-order chi connectivity index (χ0) is 11.8. The Hall–Kier alpha value is -1.32. The van der Waals surface area contributed by atoms with Crippen LogP contribution in [0.25, 0.3) is 0 Å². The fourth-order valence-corrected chi connectivity index (χ4v) is 1.44. The number of carbonyl (C=O) groups excluding carboxylic acids is 1. The number of aryl methyl sites for hydroxylation is 1. The highest BCUT2D eigenvalue weighted by Crippen LogP contribution is 2.22. The predicted octanol–water partition coefficient (Wildman–Crippen LogP) is 1.54. The molecule has 0 bridgehead atoms. The van der Waals surface area contributed by atoms with E-state index in [0.29, 0.717) is 5.92 Å². The van der Waals surface area contributed by atoms with Crippen molar-refractivity contribution >= 4 is 5.91 Å². The van der Waals surface area contributed by atoms with Crippen LogP contribution >= 0.6 is 0 Å². The van der Waals surface area contributed by atoms with E-state index in [1.165, 1.54) is 0 Å². The van der Waals surface area contributed by atoms with Gasteiger partial charge >= 0.3 is 0 Å². The van der Waals surface area contributed by atoms with Crippen LogP contribution in [-0.2, 0) is 10.3 Å². The summed E-state index contributed by atoms with van der Waals surface area (Å²) >= 11 is 0. The summed E-state index contributed by atoms with van der Waals surface area (Å²) in [5.41, 5.74) is 6.69. The molecule has 2 N–H and O–H groups in total. The summed E-state index contributed by atoms with van der Waals surface area (Å²) in [6, 6.07) is 0. The Labute approximate surface area is 90.5 Å². The molecule has 0 aliphatic heterocycles. The molecule has 0 fully saturated rings. The Kier molecular flexibility index (Phi) is 2.88. The Morgan fingerprint density at radius 1 is 1.53 bits per heavy atom. The molecule has 4 nitrogen and oxygen atoms in total. The van der Waals surface area contributed by atoms with Gasteiger partial charge in [-0.15, -0.1) is 0 Å². The van der Waals surface area contributed by atoms with Crippen molar-refractivity contribution < 1.29 is 4.79 Å². The molecule has 0 aromatic carbocycles. The lowest BCUT2D eigenvalue weighted by molar-refractivity contribution is -0.125. The fraction of sp³-hybridized carbons (Fsp3) is 0.636. The maximum absolute atomic E-state index is 11.3. The minimum atomic E-state index is -0.766. The van der Waals surface area contributed by atoms with Crippen molar-refractivity contribution in [3.05, 3.63) is 17.5 Å². The fourth-order valence-electron chi connectivity index (χ4n) is 1.44. The molecule has 15 heavy (non-hydrogen) atoms. The van der Waals surface area contributed by atoms with Crippen LogP contribution in [0.3, 0.4) is 0 Å². The quantitative estimate of drug-likeness (QED) is 0.820. The number of hydrogen-bond donors (Lipinski definition) is 1. The Balaban J connectivity index is 3.18. The van der Waals surface area contributed by atoms with Crippen molar-refractivity contribution in [2.24, 2.45) is 5.73 Å². The monoisotopic (exact) mass is 209 g/mol. The third-order valence-electron chi connectivity index (χ3n) is 2.73. The molecular formula is C11H19N3O. The van der Waals surface area contributed by atoms with E-state index in [2.05, 4.69) is 18.9 Å². The van der Waals surface area contributed by atoms with E-state index in [-0.39, 0.29) is 5.91 Å². The molecule has 0 unspecified atom stereocenters. The summed E-state index contributed by atoms with van der Waals surface area (Å²) in [7, 11) is 0. The highest BCUT2D eigenvalue weighted by Gasteiger charge is 2.29. The normalized spacial score (nSPS) is 12.1. The van der Waals surface area contributed by atoms with E-state index in [1.807, 2.05) is 13.1 Å². The lowest BCUT2D eigenvalue weighted by Gasteiger charge is -2.20. The first kappa shape index (κ1) is 11.8. The number of rotatable bonds is 3. The second-order valence-electron chi connectivity index (χ2n) is 4.69. The Morgan fingerprint density at radius 3 is 2.40 bits per heavy atom. The molecule has 1 aromatic heterocycles. The zero-order valence-electron chi connectivity index (χ0n) is 10.0. The lowest BCUT2D eigenvalue weighted by Crippen LogP contribution is -2.41. The van der Waals surface area contributed by atoms with Crippen LogP contribution < -0.4 is 5.73 Å². The van der Waals surface area contributed by atoms with Gasteiger partial charge in [0.05, 0.1) is 5.69 Å². The van der Waals surface area contributed by atoms with Gasteiger partial charge in [-0.05, 0) is 32.3 Å². The van der Waals surface area contributed by atoms with Crippen molar-refractivity contribution in [1.82, 2.24) is 9.78 Å². The topological polar surface area (TPSA) is 60.9 Å². The Morgan fingerprint density at radius 2 is 2.07 bits per heavy atom. The van der Waals surface area contributed by atoms with Crippen molar-refractivity contribution in [2.75, 3.05) is 0 Å². The summed E-state index contributed by atoms with van der Waals surface area (Å²) in [4.78, 5) is 11.3. The van der Waals surface area contributed by atoms with Crippen LogP contribution in [0, 0.1) is 6.92 Å². The first-order chi connectivity index (χ1) is 6.76. The molecule has 4 heteroatoms. The van der Waals surface area contributed by atoms with Crippen molar-refractivity contribution in [3.63, 3.8) is 0 Å². The van der Waals surface area contributed by atoms with Gasteiger partial charge in [-0.3, -0.25) is 9.48 Å². The van der Waals surface area contributed by atoms with Gasteiger partial charge < -0.3 is 5.73 Å². The summed E-state index contributed by atoms with van der Waals surface area (Å²) in [5.74, 6) is 0.0303. The molecule has 84 valence electrons. The van der Waals surface area contributed by atoms with Gasteiger partial charge in [-0.25, -0.2) is 0 Å². The summed E-state index contributed by atoms with van der Waals surface area (Å²) < 4.78 is 1.65. The van der Waals surface area contributed by atoms with E-state index >= 15 is 0 Å². The molecule has 0 atom stereocenters. The maximum atomic E-state index is 11.3. The van der Waals surface area contributed by atoms with E-state index in [9.17, 15) is 4.79 Å². The number of carbonyl (C=O) groups is 1. The number of hydrogen-bond acceptors (Lipinski definition) is 2. The summed E-state index contributed by atoms with van der Waals surface area (Å²) in [6.45, 7) is 9.69. The molecule has 0 radical (unpaired) electrons. The van der Waals surface area contributed by atoms with Crippen molar-refractivity contribution in [2.45, 2.75) is 46.1 Å². The maximum Gasteiger partial charge on any atom is 0.244 e. The van der Waals surface area contributed by atoms with Gasteiger partial charge in [0, 0.05) is 6.20 Å². The SMILES string of the molecule is Cc1nn(C(C)(C)C(N)=O)cc1C(C)C. The molecule has 0 saturated carbocycles. The van der Waals surface area contributed by atoms with Gasteiger partial charge in [0.2, 0.25) is 5.91 Å². The molecule has 0 spiro atoms. The predicted molar refractivity (Wildman–Crippen MR) is 59.6 cm³/mol. The van der Waals surface area contributed by atoms with Crippen LogP contribution in [0.4, 0.5) is 0 Å². The van der Waals surface area contributed by atoms with E-state index in [1.54, 1.807) is 18.5 Å². The van der Waals surface area contributed by atoms with Gasteiger partial charge in [0.15, 0.2) is 0 Å². The molecule has 1 heterocycles. The number of aromatic nitrogens is 2. The van der Waals surface area contributed by atoms with Crippen LogP contribution in [0.2, 0.25) is 0 Å². The second-order valence-corrected chi connectivity index (χ2v) is 4.69. The van der Waals surface area contributed by atoms with Crippen LogP contribution in [0.15, 0.2) is 6.20 Å². The zero-order valence-corrected chi connectivity index (χ0v) is 10.0. The summed E-state index contributed by atoms with van der Waals surface area (Å²) in [6.07, 6.45) is 1.91. The number of nitrogens with zero attached hydrogens (tertiary/aromatic N) is 2. The minimum absolute atomic E-state index is 0.375. The number of primary amides is 1. The van der Waals surface area contributed by atoms with Crippen LogP contribution in [0.1, 0.15) is 44.9 Å². The number of nitrogens with two attached hydrogens (primary N) is 1. The third kappa shape index (κ3) is 2.03. The van der Waals surface area contributed by atoms with Crippen LogP contribution in [0.5, 0.6) is 0 Å². The van der Waals surface area contributed by atoms with Crippen molar-refractivity contribution in [3.8, 4) is 0 Å². The summed E-state index contributed by atoms with van der Waals surface area (Å²) in [5, 5.41) is 4.34. The van der Waals surface area contributed by atoms with E-state index in [0.717, 1.165) is 11.3 Å². The molecular weight excluding hydrogens is 190 g/mol. The highest BCUT2D eigenvalue weighted by molar-refractivity contribution is 5.81. The number of amides is 1. The first-order valence-corrected chi connectivity index (χ1v) is 5.13. The third-order valence-corrected chi connectivity index (χ3v) is 2.73. The highest BCUT2D eigenvalue weighted by atomic mass is 16.1. The first-order valence-electron chi connectivity index (χ1n) is 5.13. The smallest absolute Gasteiger partial charge is 0.244 e. The second kappa shape index (κ2) is 3.68. The van der Waals surface area contributed by atoms with Gasteiger partial charge in [0.1, 0.15) is 5.54 Å². The Bertz CT molecular complexity index is 377. The van der Waals surface area contributed by atoms with Gasteiger partial charge in [0.25, 0.3) is 0 Å². The molecule has 0 saturated heterocycles. The standard InChI is InChI=1S/C11H19N3O/c1-7(2)9-6-14(13-8(9)3)11(4,5)10(12)15/h6-7H,1-5H3,(H2,12,15). The molecule has 1 aromatic rings. The average Bonchev–Trinajstić information content (AvgIpc) is 2.47. The molecule has 1 amide bonds. The van der Waals surface area contributed by atoms with Crippen molar-refractivity contribution in [1.29, 1.82) is 0 Å². The minimum Gasteiger partial charge on any atom is -0.368 e. The molecule has 0 aliphatic carbocycles. The van der Waals surface area contributed by atoms with E-state index in [4.69, 9.17) is 5.73 Å². The lowest BCUT2D eigenvalue weighted by atomic mass is 10.0. The van der Waals surface area contributed by atoms with Gasteiger partial charge in [-0.1, -0.05) is 13.8 Å². The van der Waals surface area contributed by atoms with E-state index < -0.39 is 5.54 Å². The molecule has 0 aliphatic rings. The largest absolute Gasteiger partial charge is 0.368 e. The average molecular weight is 209 g/mol. The molecule has 1 rings (SSSR count). The van der Waals surface area contributed by atoms with Gasteiger partial charge in [-0.2, -0.15) is 5.10 Å².